The summed E-state index contributed by atoms with van der Waals surface area (Å²) in [5.74, 6) is 0.191. The number of likely N-dealkylation sites (tertiary alicyclic amines) is 1. The third kappa shape index (κ3) is 3.73. The lowest BCUT2D eigenvalue weighted by Crippen LogP contribution is -2.36. The van der Waals surface area contributed by atoms with Crippen molar-refractivity contribution >= 4 is 11.4 Å². The fourth-order valence-electron chi connectivity index (χ4n) is 2.65. The lowest BCUT2D eigenvalue weighted by atomic mass is 9.98. The third-order valence-electron chi connectivity index (χ3n) is 3.73. The van der Waals surface area contributed by atoms with Crippen molar-refractivity contribution < 1.29 is 15.0 Å². The van der Waals surface area contributed by atoms with Gasteiger partial charge in [-0.1, -0.05) is 0 Å². The fraction of sp³-hybridized carbons (Fsp3) is 0.538. The van der Waals surface area contributed by atoms with Crippen LogP contribution in [0.4, 0.5) is 11.4 Å². The molecule has 0 amide bonds. The van der Waals surface area contributed by atoms with Crippen LogP contribution >= 0.6 is 0 Å². The van der Waals surface area contributed by atoms with Crippen LogP contribution in [-0.4, -0.2) is 39.5 Å². The van der Waals surface area contributed by atoms with Crippen LogP contribution in [0.15, 0.2) is 18.2 Å². The Kier molecular flexibility index (Phi) is 4.81. The van der Waals surface area contributed by atoms with Gasteiger partial charge in [0.25, 0.3) is 11.4 Å². The summed E-state index contributed by atoms with van der Waals surface area (Å²) in [7, 11) is 0. The molecule has 0 bridgehead atoms. The van der Waals surface area contributed by atoms with E-state index in [1.165, 1.54) is 12.1 Å². The van der Waals surface area contributed by atoms with E-state index < -0.39 is 9.85 Å². The van der Waals surface area contributed by atoms with Crippen LogP contribution in [0.3, 0.4) is 0 Å². The smallest absolute Gasteiger partial charge is 0.280 e. The Bertz CT molecular complexity index is 549. The molecule has 1 heterocycles. The zero-order valence-electron chi connectivity index (χ0n) is 11.5. The van der Waals surface area contributed by atoms with E-state index in [1.807, 2.05) is 4.90 Å². The number of nitrogens with zero attached hydrogens (tertiary/aromatic N) is 3. The van der Waals surface area contributed by atoms with Gasteiger partial charge in [0.15, 0.2) is 0 Å². The van der Waals surface area contributed by atoms with Gasteiger partial charge in [-0.2, -0.15) is 0 Å². The van der Waals surface area contributed by atoms with Gasteiger partial charge in [-0.3, -0.25) is 25.1 Å². The highest BCUT2D eigenvalue weighted by molar-refractivity contribution is 5.49. The average molecular weight is 295 g/mol. The molecule has 0 radical (unpaired) electrons. The van der Waals surface area contributed by atoms with Gasteiger partial charge in [-0.25, -0.2) is 0 Å². The number of nitro benzene ring substituents is 2. The van der Waals surface area contributed by atoms with Gasteiger partial charge in [-0.05, 0) is 31.4 Å². The quantitative estimate of drug-likeness (QED) is 0.654. The van der Waals surface area contributed by atoms with Crippen LogP contribution in [-0.2, 0) is 6.54 Å². The van der Waals surface area contributed by atoms with Gasteiger partial charge < -0.3 is 5.11 Å². The van der Waals surface area contributed by atoms with Gasteiger partial charge in [0.2, 0.25) is 0 Å². The molecule has 1 atom stereocenters. The third-order valence-corrected chi connectivity index (χ3v) is 3.73. The van der Waals surface area contributed by atoms with Crippen LogP contribution in [0.25, 0.3) is 0 Å². The predicted molar refractivity (Wildman–Crippen MR) is 74.8 cm³/mol. The molecule has 1 aliphatic rings. The first-order valence-electron chi connectivity index (χ1n) is 6.76. The van der Waals surface area contributed by atoms with Crippen LogP contribution in [0.5, 0.6) is 0 Å². The first-order valence-corrected chi connectivity index (χ1v) is 6.76. The number of hydrogen-bond acceptors (Lipinski definition) is 6. The standard InChI is InChI=1S/C13H17N3O5/c17-9-10-2-1-5-14(7-10)8-11-3-4-12(15(18)19)6-13(11)16(20)21/h3-4,6,10,17H,1-2,5,7-9H2. The summed E-state index contributed by atoms with van der Waals surface area (Å²) in [6.45, 7) is 1.97. The van der Waals surface area contributed by atoms with Crippen molar-refractivity contribution in [2.24, 2.45) is 5.92 Å². The van der Waals surface area contributed by atoms with E-state index in [9.17, 15) is 25.3 Å². The van der Waals surface area contributed by atoms with Crippen LogP contribution in [0.1, 0.15) is 18.4 Å². The molecule has 1 aromatic rings. The number of non-ortho nitro benzene ring substituents is 1. The molecule has 8 heteroatoms. The topological polar surface area (TPSA) is 110 Å². The number of aliphatic hydroxyl groups is 1. The largest absolute Gasteiger partial charge is 0.396 e. The molecule has 0 aromatic heterocycles. The van der Waals surface area contributed by atoms with Gasteiger partial charge in [0.1, 0.15) is 0 Å². The summed E-state index contributed by atoms with van der Waals surface area (Å²) in [5, 5.41) is 31.0. The van der Waals surface area contributed by atoms with Crippen molar-refractivity contribution in [3.63, 3.8) is 0 Å². The minimum absolute atomic E-state index is 0.110. The molecule has 114 valence electrons. The van der Waals surface area contributed by atoms with E-state index in [4.69, 9.17) is 0 Å². The molecule has 21 heavy (non-hydrogen) atoms. The normalized spacial score (nSPS) is 19.4. The van der Waals surface area contributed by atoms with Crippen LogP contribution in [0.2, 0.25) is 0 Å². The summed E-state index contributed by atoms with van der Waals surface area (Å²) in [5.41, 5.74) is -0.0446. The van der Waals surface area contributed by atoms with E-state index in [1.54, 1.807) is 0 Å². The minimum Gasteiger partial charge on any atom is -0.396 e. The van der Waals surface area contributed by atoms with E-state index in [2.05, 4.69) is 0 Å². The van der Waals surface area contributed by atoms with Gasteiger partial charge in [0, 0.05) is 31.3 Å². The number of benzene rings is 1. The van der Waals surface area contributed by atoms with Crippen molar-refractivity contribution in [1.29, 1.82) is 0 Å². The fourth-order valence-corrected chi connectivity index (χ4v) is 2.65. The number of hydrogen-bond donors (Lipinski definition) is 1. The first-order chi connectivity index (χ1) is 10.0. The Balaban J connectivity index is 2.19. The Morgan fingerprint density at radius 3 is 2.67 bits per heavy atom. The number of nitro groups is 2. The van der Waals surface area contributed by atoms with Gasteiger partial charge in [-0.15, -0.1) is 0 Å². The molecular formula is C13H17N3O5. The Morgan fingerprint density at radius 1 is 1.29 bits per heavy atom. The lowest BCUT2D eigenvalue weighted by molar-refractivity contribution is -0.394. The molecule has 1 fully saturated rings. The first kappa shape index (κ1) is 15.3. The number of aliphatic hydroxyl groups excluding tert-OH is 1. The molecule has 0 saturated carbocycles. The van der Waals surface area contributed by atoms with E-state index in [0.717, 1.165) is 25.5 Å². The summed E-state index contributed by atoms with van der Waals surface area (Å²) in [6.07, 6.45) is 1.89. The maximum absolute atomic E-state index is 11.1. The van der Waals surface area contributed by atoms with E-state index in [-0.39, 0.29) is 23.9 Å². The average Bonchev–Trinajstić information content (AvgIpc) is 2.47. The van der Waals surface area contributed by atoms with Crippen LogP contribution in [0, 0.1) is 26.1 Å². The van der Waals surface area contributed by atoms with Crippen molar-refractivity contribution in [3.8, 4) is 0 Å². The molecule has 1 aliphatic heterocycles. The SMILES string of the molecule is O=[N+]([O-])c1ccc(CN2CCCC(CO)C2)c([N+](=O)[O-])c1. The summed E-state index contributed by atoms with van der Waals surface area (Å²) in [6, 6.07) is 3.73. The zero-order valence-corrected chi connectivity index (χ0v) is 11.5. The summed E-state index contributed by atoms with van der Waals surface area (Å²) in [4.78, 5) is 22.6. The van der Waals surface area contributed by atoms with Crippen LogP contribution < -0.4 is 0 Å². The van der Waals surface area contributed by atoms with Gasteiger partial charge >= 0.3 is 0 Å². The maximum Gasteiger partial charge on any atom is 0.280 e. The highest BCUT2D eigenvalue weighted by Gasteiger charge is 2.24. The highest BCUT2D eigenvalue weighted by Crippen LogP contribution is 2.27. The van der Waals surface area contributed by atoms with Crippen molar-refractivity contribution in [2.45, 2.75) is 19.4 Å². The number of rotatable bonds is 5. The van der Waals surface area contributed by atoms with Crippen molar-refractivity contribution in [1.82, 2.24) is 4.90 Å². The molecule has 0 spiro atoms. The summed E-state index contributed by atoms with van der Waals surface area (Å²) < 4.78 is 0. The van der Waals surface area contributed by atoms with Crippen molar-refractivity contribution in [2.75, 3.05) is 19.7 Å². The Hall–Kier alpha value is -2.06. The second-order valence-electron chi connectivity index (χ2n) is 5.25. The molecule has 1 aromatic carbocycles. The Labute approximate surface area is 121 Å². The molecule has 2 rings (SSSR count). The zero-order chi connectivity index (χ0) is 15.4. The van der Waals surface area contributed by atoms with Crippen molar-refractivity contribution in [3.05, 3.63) is 44.0 Å². The lowest BCUT2D eigenvalue weighted by Gasteiger charge is -2.31. The Morgan fingerprint density at radius 2 is 2.05 bits per heavy atom. The molecule has 1 N–H and O–H groups in total. The second-order valence-corrected chi connectivity index (χ2v) is 5.25. The molecule has 0 aliphatic carbocycles. The van der Waals surface area contributed by atoms with Gasteiger partial charge in [0.05, 0.1) is 15.9 Å². The maximum atomic E-state index is 11.1. The highest BCUT2D eigenvalue weighted by atomic mass is 16.6. The molecule has 8 nitrogen and oxygen atoms in total. The molecule has 1 saturated heterocycles. The predicted octanol–water partition coefficient (Wildman–Crippen LogP) is 1.71. The number of piperidine rings is 1. The minimum atomic E-state index is -0.639. The summed E-state index contributed by atoms with van der Waals surface area (Å²) >= 11 is 0. The molecule has 1 unspecified atom stereocenters. The van der Waals surface area contributed by atoms with E-state index >= 15 is 0 Å². The molecular weight excluding hydrogens is 278 g/mol. The second kappa shape index (κ2) is 6.59. The van der Waals surface area contributed by atoms with E-state index in [0.29, 0.717) is 18.7 Å². The monoisotopic (exact) mass is 295 g/mol.